The number of rotatable bonds is 3. The zero-order valence-corrected chi connectivity index (χ0v) is 16.8. The van der Waals surface area contributed by atoms with Crippen LogP contribution < -0.4 is 5.56 Å². The zero-order chi connectivity index (χ0) is 20.0. The third-order valence-electron chi connectivity index (χ3n) is 4.95. The van der Waals surface area contributed by atoms with E-state index in [1.165, 1.54) is 23.5 Å². The second kappa shape index (κ2) is 7.06. The Labute approximate surface area is 174 Å². The molecule has 0 bridgehead atoms. The van der Waals surface area contributed by atoms with Crippen molar-refractivity contribution < 1.29 is 4.39 Å². The van der Waals surface area contributed by atoms with Gasteiger partial charge in [-0.1, -0.05) is 54.6 Å². The van der Waals surface area contributed by atoms with Gasteiger partial charge in [0.1, 0.15) is 11.5 Å². The van der Waals surface area contributed by atoms with Crippen LogP contribution in [0.25, 0.3) is 27.0 Å². The van der Waals surface area contributed by atoms with Gasteiger partial charge in [-0.3, -0.25) is 13.8 Å². The number of halogens is 1. The van der Waals surface area contributed by atoms with Crippen molar-refractivity contribution in [1.29, 1.82) is 0 Å². The normalized spacial score (nSPS) is 11.3. The van der Waals surface area contributed by atoms with Crippen molar-refractivity contribution in [2.24, 2.45) is 0 Å². The lowest BCUT2D eigenvalue weighted by molar-refractivity contribution is 0.626. The van der Waals surface area contributed by atoms with E-state index in [1.807, 2.05) is 59.0 Å². The molecule has 0 amide bonds. The number of fused-ring (bicyclic) bond motifs is 3. The van der Waals surface area contributed by atoms with E-state index in [2.05, 4.69) is 0 Å². The standard InChI is InChI=1S/C23H15FN2OS2/c24-17-12-10-15(11-13-17)14-25-21-20(16-6-2-1-3-7-16)29-23(28)26(21)19-9-5-4-8-18(19)22(25)27/h1-13H,14H2. The van der Waals surface area contributed by atoms with Gasteiger partial charge in [0.25, 0.3) is 5.56 Å². The van der Waals surface area contributed by atoms with Crippen LogP contribution in [0.3, 0.4) is 0 Å². The molecule has 0 radical (unpaired) electrons. The molecular formula is C23H15FN2OS2. The lowest BCUT2D eigenvalue weighted by atomic mass is 10.1. The van der Waals surface area contributed by atoms with E-state index in [9.17, 15) is 9.18 Å². The van der Waals surface area contributed by atoms with Crippen molar-refractivity contribution in [3.8, 4) is 10.4 Å². The summed E-state index contributed by atoms with van der Waals surface area (Å²) in [5.74, 6) is -0.299. The molecule has 0 saturated heterocycles. The molecule has 0 atom stereocenters. The molecule has 6 heteroatoms. The van der Waals surface area contributed by atoms with Crippen molar-refractivity contribution in [2.75, 3.05) is 0 Å². The first kappa shape index (κ1) is 18.0. The molecule has 5 aromatic rings. The van der Waals surface area contributed by atoms with Crippen LogP contribution in [0.15, 0.2) is 83.7 Å². The quantitative estimate of drug-likeness (QED) is 0.341. The highest BCUT2D eigenvalue weighted by Gasteiger charge is 2.18. The maximum Gasteiger partial charge on any atom is 0.261 e. The first-order chi connectivity index (χ1) is 14.1. The average Bonchev–Trinajstić information content (AvgIpc) is 3.10. The minimum absolute atomic E-state index is 0.0880. The van der Waals surface area contributed by atoms with Crippen LogP contribution in [0, 0.1) is 9.77 Å². The fourth-order valence-electron chi connectivity index (χ4n) is 3.61. The van der Waals surface area contributed by atoms with Crippen LogP contribution in [0.2, 0.25) is 0 Å². The summed E-state index contributed by atoms with van der Waals surface area (Å²) in [5.41, 5.74) is 3.33. The summed E-state index contributed by atoms with van der Waals surface area (Å²) in [4.78, 5) is 14.4. The summed E-state index contributed by atoms with van der Waals surface area (Å²) >= 11 is 7.19. The topological polar surface area (TPSA) is 26.4 Å². The van der Waals surface area contributed by atoms with Gasteiger partial charge in [-0.2, -0.15) is 0 Å². The van der Waals surface area contributed by atoms with Crippen LogP contribution in [0.5, 0.6) is 0 Å². The van der Waals surface area contributed by atoms with Gasteiger partial charge in [0.05, 0.1) is 22.3 Å². The van der Waals surface area contributed by atoms with Crippen LogP contribution in [0.4, 0.5) is 4.39 Å². The number of aromatic nitrogens is 2. The van der Waals surface area contributed by atoms with Crippen LogP contribution in [-0.2, 0) is 6.54 Å². The average molecular weight is 419 g/mol. The highest BCUT2D eigenvalue weighted by atomic mass is 32.1. The number of para-hydroxylation sites is 1. The Morgan fingerprint density at radius 3 is 2.34 bits per heavy atom. The van der Waals surface area contributed by atoms with Crippen LogP contribution >= 0.6 is 23.6 Å². The van der Waals surface area contributed by atoms with E-state index in [0.29, 0.717) is 15.9 Å². The molecule has 0 N–H and O–H groups in total. The van der Waals surface area contributed by atoms with Crippen molar-refractivity contribution in [3.63, 3.8) is 0 Å². The van der Waals surface area contributed by atoms with Gasteiger partial charge in [0.15, 0.2) is 3.95 Å². The Hall–Kier alpha value is -3.09. The number of nitrogens with zero attached hydrogens (tertiary/aromatic N) is 2. The molecule has 2 aromatic heterocycles. The molecule has 5 rings (SSSR count). The van der Waals surface area contributed by atoms with Crippen molar-refractivity contribution >= 4 is 40.1 Å². The van der Waals surface area contributed by atoms with Gasteiger partial charge >= 0.3 is 0 Å². The molecule has 142 valence electrons. The molecular weight excluding hydrogens is 403 g/mol. The lowest BCUT2D eigenvalue weighted by Gasteiger charge is -2.13. The van der Waals surface area contributed by atoms with E-state index in [4.69, 9.17) is 12.2 Å². The molecule has 0 spiro atoms. The van der Waals surface area contributed by atoms with E-state index in [0.717, 1.165) is 27.2 Å². The maximum absolute atomic E-state index is 13.5. The minimum Gasteiger partial charge on any atom is -0.288 e. The summed E-state index contributed by atoms with van der Waals surface area (Å²) in [5, 5.41) is 0.607. The zero-order valence-electron chi connectivity index (χ0n) is 15.2. The molecule has 0 saturated carbocycles. The summed E-state index contributed by atoms with van der Waals surface area (Å²) in [6.07, 6.45) is 0. The fourth-order valence-corrected chi connectivity index (χ4v) is 5.04. The Bertz CT molecular complexity index is 1470. The second-order valence-electron chi connectivity index (χ2n) is 6.76. The SMILES string of the molecule is O=c1c2ccccc2n2c(=S)sc(-c3ccccc3)c2n1Cc1ccc(F)cc1. The Kier molecular flexibility index (Phi) is 4.38. The largest absolute Gasteiger partial charge is 0.288 e. The van der Waals surface area contributed by atoms with Gasteiger partial charge in [0, 0.05) is 0 Å². The smallest absolute Gasteiger partial charge is 0.261 e. The third kappa shape index (κ3) is 3.01. The molecule has 2 heterocycles. The molecule has 0 aliphatic heterocycles. The van der Waals surface area contributed by atoms with Gasteiger partial charge in [0.2, 0.25) is 0 Å². The second-order valence-corrected chi connectivity index (χ2v) is 8.40. The van der Waals surface area contributed by atoms with Crippen molar-refractivity contribution in [3.05, 3.63) is 105 Å². The first-order valence-corrected chi connectivity index (χ1v) is 10.3. The highest BCUT2D eigenvalue weighted by molar-refractivity contribution is 7.73. The first-order valence-electron chi connectivity index (χ1n) is 9.10. The Morgan fingerprint density at radius 1 is 0.897 bits per heavy atom. The molecule has 3 aromatic carbocycles. The van der Waals surface area contributed by atoms with Crippen molar-refractivity contribution in [2.45, 2.75) is 6.54 Å². The van der Waals surface area contributed by atoms with E-state index in [-0.39, 0.29) is 11.4 Å². The predicted molar refractivity (Wildman–Crippen MR) is 119 cm³/mol. The number of hydrogen-bond acceptors (Lipinski definition) is 3. The summed E-state index contributed by atoms with van der Waals surface area (Å²) in [7, 11) is 0. The fraction of sp³-hybridized carbons (Fsp3) is 0.0435. The van der Waals surface area contributed by atoms with Crippen LogP contribution in [0.1, 0.15) is 5.56 Å². The molecule has 29 heavy (non-hydrogen) atoms. The van der Waals surface area contributed by atoms with Gasteiger partial charge in [-0.05, 0) is 47.6 Å². The van der Waals surface area contributed by atoms with Gasteiger partial charge in [-0.15, -0.1) is 11.3 Å². The summed E-state index contributed by atoms with van der Waals surface area (Å²) in [6, 6.07) is 23.7. The van der Waals surface area contributed by atoms with Crippen LogP contribution in [-0.4, -0.2) is 8.97 Å². The number of hydrogen-bond donors (Lipinski definition) is 0. The molecule has 0 fully saturated rings. The Balaban J connectivity index is 1.90. The van der Waals surface area contributed by atoms with Crippen molar-refractivity contribution in [1.82, 2.24) is 8.97 Å². The Morgan fingerprint density at radius 2 is 1.59 bits per heavy atom. The number of benzene rings is 3. The van der Waals surface area contributed by atoms with E-state index < -0.39 is 0 Å². The summed E-state index contributed by atoms with van der Waals surface area (Å²) in [6.45, 7) is 0.332. The predicted octanol–water partition coefficient (Wildman–Crippen LogP) is 5.90. The van der Waals surface area contributed by atoms with E-state index >= 15 is 0 Å². The summed E-state index contributed by atoms with van der Waals surface area (Å²) < 4.78 is 17.8. The monoisotopic (exact) mass is 418 g/mol. The highest BCUT2D eigenvalue weighted by Crippen LogP contribution is 2.33. The molecule has 0 aliphatic carbocycles. The molecule has 0 unspecified atom stereocenters. The minimum atomic E-state index is -0.299. The van der Waals surface area contributed by atoms with E-state index in [1.54, 1.807) is 16.7 Å². The molecule has 0 aliphatic rings. The molecule has 3 nitrogen and oxygen atoms in total. The lowest BCUT2D eigenvalue weighted by Crippen LogP contribution is -2.23. The maximum atomic E-state index is 13.5. The number of thiazole rings is 1. The van der Waals surface area contributed by atoms with Gasteiger partial charge < -0.3 is 0 Å². The third-order valence-corrected chi connectivity index (χ3v) is 6.37. The van der Waals surface area contributed by atoms with Gasteiger partial charge in [-0.25, -0.2) is 4.39 Å².